The van der Waals surface area contributed by atoms with Gasteiger partial charge in [-0.15, -0.1) is 0 Å². The molecule has 5 heteroatoms. The van der Waals surface area contributed by atoms with Gasteiger partial charge in [0.25, 0.3) is 0 Å². The van der Waals surface area contributed by atoms with E-state index < -0.39 is 8.32 Å². The molecular weight excluding hydrogens is 441 g/mol. The van der Waals surface area contributed by atoms with Crippen molar-refractivity contribution < 1.29 is 13.6 Å². The summed E-state index contributed by atoms with van der Waals surface area (Å²) >= 11 is 0. The Labute approximate surface area is 201 Å². The van der Waals surface area contributed by atoms with Crippen molar-refractivity contribution in [2.24, 2.45) is 0 Å². The van der Waals surface area contributed by atoms with Gasteiger partial charge in [0.05, 0.1) is 0 Å². The van der Waals surface area contributed by atoms with Gasteiger partial charge in [-0.1, -0.05) is 81.4 Å². The second-order valence-electron chi connectivity index (χ2n) is 9.27. The van der Waals surface area contributed by atoms with Crippen molar-refractivity contribution in [3.05, 3.63) is 126 Å². The average molecular weight is 470 g/mol. The molecule has 34 heavy (non-hydrogen) atoms. The monoisotopic (exact) mass is 469 g/mol. The maximum Gasteiger partial charge on any atom is 0.319 e. The number of nitrogens with zero attached hydrogens (tertiary/aromatic N) is 1. The third-order valence-electron chi connectivity index (χ3n) is 5.92. The lowest BCUT2D eigenvalue weighted by Crippen LogP contribution is -2.68. The highest BCUT2D eigenvalue weighted by Gasteiger charge is 2.52. The summed E-state index contributed by atoms with van der Waals surface area (Å²) in [5, 5.41) is 14.7. The molecule has 0 amide bonds. The normalized spacial score (nSPS) is 12.4. The Hall–Kier alpha value is -3.70. The van der Waals surface area contributed by atoms with E-state index in [2.05, 4.69) is 69.3 Å². The molecule has 0 N–H and O–H groups in total. The van der Waals surface area contributed by atoms with Gasteiger partial charge in [0, 0.05) is 17.7 Å². The van der Waals surface area contributed by atoms with Crippen LogP contribution in [0.3, 0.4) is 0 Å². The summed E-state index contributed by atoms with van der Waals surface area (Å²) in [4.78, 5) is 0. The molecule has 0 saturated heterocycles. The summed E-state index contributed by atoms with van der Waals surface area (Å²) < 4.78 is 20.9. The highest BCUT2D eigenvalue weighted by Crippen LogP contribution is 2.37. The Bertz CT molecular complexity index is 1210. The molecule has 4 aromatic rings. The van der Waals surface area contributed by atoms with Crippen LogP contribution >= 0.6 is 0 Å². The molecule has 4 aromatic carbocycles. The fraction of sp³-hybridized carbons (Fsp3) is 0.138. The summed E-state index contributed by atoms with van der Waals surface area (Å²) in [6.07, 6.45) is 1.47. The van der Waals surface area contributed by atoms with Gasteiger partial charge in [-0.3, -0.25) is 0 Å². The highest BCUT2D eigenvalue weighted by molar-refractivity contribution is 7.00. The maximum absolute atomic E-state index is 13.1. The van der Waals surface area contributed by atoms with E-state index in [0.29, 0.717) is 5.69 Å². The molecule has 0 atom stereocenters. The van der Waals surface area contributed by atoms with E-state index in [1.807, 2.05) is 36.4 Å². The summed E-state index contributed by atoms with van der Waals surface area (Å²) in [5.41, 5.74) is 1.10. The average Bonchev–Trinajstić information content (AvgIpc) is 2.84. The van der Waals surface area contributed by atoms with Crippen LogP contribution in [0.1, 0.15) is 26.3 Å². The van der Waals surface area contributed by atoms with Crippen LogP contribution in [0.2, 0.25) is 5.04 Å². The van der Waals surface area contributed by atoms with Crippen molar-refractivity contribution in [2.45, 2.75) is 25.8 Å². The SMILES string of the molecule is CC(C)(C)[Si](Oc1ccc(/C=[N+](\[O-])c2ccc(F)cc2)cc1)(c1ccccc1)c1ccccc1. The van der Waals surface area contributed by atoms with E-state index in [1.165, 1.54) is 40.9 Å². The topological polar surface area (TPSA) is 35.3 Å². The zero-order valence-corrected chi connectivity index (χ0v) is 20.6. The summed E-state index contributed by atoms with van der Waals surface area (Å²) in [5.74, 6) is 0.382. The molecule has 0 aliphatic carbocycles. The third-order valence-corrected chi connectivity index (χ3v) is 10.9. The number of hydrogen-bond donors (Lipinski definition) is 0. The maximum atomic E-state index is 13.1. The minimum Gasteiger partial charge on any atom is -0.618 e. The van der Waals surface area contributed by atoms with E-state index in [-0.39, 0.29) is 10.9 Å². The number of halogens is 1. The lowest BCUT2D eigenvalue weighted by molar-refractivity contribution is -0.354. The fourth-order valence-electron chi connectivity index (χ4n) is 4.25. The Morgan fingerprint density at radius 3 is 1.71 bits per heavy atom. The quantitative estimate of drug-likeness (QED) is 0.114. The zero-order valence-electron chi connectivity index (χ0n) is 19.6. The van der Waals surface area contributed by atoms with Crippen LogP contribution < -0.4 is 14.8 Å². The van der Waals surface area contributed by atoms with Gasteiger partial charge in [-0.25, -0.2) is 4.39 Å². The molecule has 3 nitrogen and oxygen atoms in total. The zero-order chi connectivity index (χ0) is 24.2. The second-order valence-corrected chi connectivity index (χ2v) is 13.5. The number of hydrogen-bond acceptors (Lipinski definition) is 2. The van der Waals surface area contributed by atoms with E-state index in [9.17, 15) is 9.60 Å². The minimum absolute atomic E-state index is 0.144. The predicted octanol–water partition coefficient (Wildman–Crippen LogP) is 6.03. The number of benzene rings is 4. The van der Waals surface area contributed by atoms with Gasteiger partial charge in [0.1, 0.15) is 11.6 Å². The summed E-state index contributed by atoms with van der Waals surface area (Å²) in [7, 11) is -2.72. The van der Waals surface area contributed by atoms with Crippen LogP contribution in [0.4, 0.5) is 10.1 Å². The molecule has 0 aliphatic heterocycles. The van der Waals surface area contributed by atoms with Crippen LogP contribution in [0.25, 0.3) is 0 Å². The standard InChI is InChI=1S/C29H28FNO2Si/c1-29(2,3)34(27-10-6-4-7-11-27,28-12-8-5-9-13-28)33-26-20-14-23(15-21-26)22-31(32)25-18-16-24(30)17-19-25/h4-22H,1-3H3/b31-22-. The van der Waals surface area contributed by atoms with E-state index >= 15 is 0 Å². The van der Waals surface area contributed by atoms with Crippen molar-refractivity contribution in [3.63, 3.8) is 0 Å². The van der Waals surface area contributed by atoms with E-state index in [4.69, 9.17) is 4.43 Å². The molecule has 0 fully saturated rings. The van der Waals surface area contributed by atoms with Crippen LogP contribution in [-0.4, -0.2) is 19.3 Å². The molecule has 0 aromatic heterocycles. The first-order valence-corrected chi connectivity index (χ1v) is 13.2. The van der Waals surface area contributed by atoms with Crippen LogP contribution in [0.15, 0.2) is 109 Å². The van der Waals surface area contributed by atoms with Gasteiger partial charge in [-0.05, 0) is 51.8 Å². The summed E-state index contributed by atoms with van der Waals surface area (Å²) in [6.45, 7) is 6.71. The molecule has 4 rings (SSSR count). The lowest BCUT2D eigenvalue weighted by atomic mass is 10.2. The van der Waals surface area contributed by atoms with Gasteiger partial charge >= 0.3 is 8.32 Å². The first-order valence-electron chi connectivity index (χ1n) is 11.3. The van der Waals surface area contributed by atoms with Crippen molar-refractivity contribution in [1.82, 2.24) is 0 Å². The molecule has 0 radical (unpaired) electrons. The van der Waals surface area contributed by atoms with Crippen LogP contribution in [-0.2, 0) is 0 Å². The van der Waals surface area contributed by atoms with Crippen LogP contribution in [0, 0.1) is 11.0 Å². The first-order chi connectivity index (χ1) is 16.3. The minimum atomic E-state index is -2.72. The van der Waals surface area contributed by atoms with Crippen molar-refractivity contribution >= 4 is 30.6 Å². The Morgan fingerprint density at radius 2 is 1.24 bits per heavy atom. The van der Waals surface area contributed by atoms with Crippen LogP contribution in [0.5, 0.6) is 5.75 Å². The van der Waals surface area contributed by atoms with Gasteiger partial charge < -0.3 is 9.63 Å². The van der Waals surface area contributed by atoms with Crippen molar-refractivity contribution in [2.75, 3.05) is 0 Å². The smallest absolute Gasteiger partial charge is 0.319 e. The molecule has 0 bridgehead atoms. The second kappa shape index (κ2) is 9.65. The predicted molar refractivity (Wildman–Crippen MR) is 140 cm³/mol. The largest absolute Gasteiger partial charge is 0.618 e. The Kier molecular flexibility index (Phi) is 6.66. The van der Waals surface area contributed by atoms with Gasteiger partial charge in [0.15, 0.2) is 6.21 Å². The van der Waals surface area contributed by atoms with Gasteiger partial charge in [-0.2, -0.15) is 4.74 Å². The molecule has 0 spiro atoms. The van der Waals surface area contributed by atoms with Crippen molar-refractivity contribution in [3.8, 4) is 5.75 Å². The third kappa shape index (κ3) is 4.80. The molecule has 0 heterocycles. The molecular formula is C29H28FNO2Si. The van der Waals surface area contributed by atoms with E-state index in [0.717, 1.165) is 16.1 Å². The van der Waals surface area contributed by atoms with Crippen molar-refractivity contribution in [1.29, 1.82) is 0 Å². The molecule has 0 unspecified atom stereocenters. The molecule has 0 aliphatic rings. The molecule has 172 valence electrons. The molecule has 0 saturated carbocycles. The first kappa shape index (κ1) is 23.5. The van der Waals surface area contributed by atoms with Gasteiger partial charge in [0.2, 0.25) is 5.69 Å². The van der Waals surface area contributed by atoms with E-state index in [1.54, 1.807) is 0 Å². The Morgan fingerprint density at radius 1 is 0.735 bits per heavy atom. The lowest BCUT2D eigenvalue weighted by Gasteiger charge is -2.43. The fourth-order valence-corrected chi connectivity index (χ4v) is 8.67. The summed E-state index contributed by atoms with van der Waals surface area (Å²) in [6, 6.07) is 33.9. The number of rotatable bonds is 6. The Balaban J connectivity index is 1.71. The highest BCUT2D eigenvalue weighted by atomic mass is 28.4.